The molecule has 2 saturated heterocycles. The van der Waals surface area contributed by atoms with E-state index in [0.29, 0.717) is 18.1 Å². The molecule has 1 N–H and O–H groups in total. The van der Waals surface area contributed by atoms with Crippen molar-refractivity contribution < 1.29 is 9.21 Å². The van der Waals surface area contributed by atoms with Gasteiger partial charge in [0.05, 0.1) is 0 Å². The Hall–Kier alpha value is -2.08. The van der Waals surface area contributed by atoms with Crippen LogP contribution in [0.3, 0.4) is 0 Å². The van der Waals surface area contributed by atoms with Crippen LogP contribution < -0.4 is 10.2 Å². The highest BCUT2D eigenvalue weighted by Gasteiger charge is 2.31. The molecular formula is C24H36N4O2. The van der Waals surface area contributed by atoms with Gasteiger partial charge in [0, 0.05) is 25.2 Å². The number of amides is 1. The lowest BCUT2D eigenvalue weighted by atomic mass is 9.97. The molecule has 3 atom stereocenters. The van der Waals surface area contributed by atoms with E-state index < -0.39 is 0 Å². The smallest absolute Gasteiger partial charge is 0.299 e. The maximum atomic E-state index is 12.9. The van der Waals surface area contributed by atoms with E-state index >= 15 is 0 Å². The number of hydrogen-bond acceptors (Lipinski definition) is 5. The first kappa shape index (κ1) is 21.2. The molecule has 6 heteroatoms. The number of oxazole rings is 1. The summed E-state index contributed by atoms with van der Waals surface area (Å²) in [4.78, 5) is 22.2. The Morgan fingerprint density at radius 1 is 1.10 bits per heavy atom. The fraction of sp³-hybridized carbons (Fsp3) is 0.667. The summed E-state index contributed by atoms with van der Waals surface area (Å²) in [6.45, 7) is 7.39. The number of nitrogens with zero attached hydrogens (tertiary/aromatic N) is 3. The van der Waals surface area contributed by atoms with Gasteiger partial charge >= 0.3 is 0 Å². The molecule has 0 bridgehead atoms. The Bertz CT molecular complexity index is 792. The summed E-state index contributed by atoms with van der Waals surface area (Å²) in [5.41, 5.74) is 1.62. The number of carbonyl (C=O) groups is 1. The van der Waals surface area contributed by atoms with E-state index in [-0.39, 0.29) is 11.9 Å². The topological polar surface area (TPSA) is 61.6 Å². The molecule has 2 aliphatic rings. The molecule has 0 spiro atoms. The Morgan fingerprint density at radius 3 is 2.70 bits per heavy atom. The summed E-state index contributed by atoms with van der Waals surface area (Å²) >= 11 is 0. The number of hydrogen-bond donors (Lipinski definition) is 1. The van der Waals surface area contributed by atoms with Gasteiger partial charge in [0.15, 0.2) is 5.58 Å². The van der Waals surface area contributed by atoms with Gasteiger partial charge in [-0.25, -0.2) is 0 Å². The number of likely N-dealkylation sites (tertiary alicyclic amines) is 1. The third-order valence-electron chi connectivity index (χ3n) is 6.85. The average molecular weight is 413 g/mol. The van der Waals surface area contributed by atoms with E-state index in [0.717, 1.165) is 62.8 Å². The molecule has 1 aromatic carbocycles. The second-order valence-electron chi connectivity index (χ2n) is 9.03. The van der Waals surface area contributed by atoms with Crippen LogP contribution in [0.4, 0.5) is 6.01 Å². The number of unbranched alkanes of at least 4 members (excludes halogenated alkanes) is 1. The van der Waals surface area contributed by atoms with Crippen LogP contribution in [0.5, 0.6) is 0 Å². The number of aromatic nitrogens is 1. The van der Waals surface area contributed by atoms with E-state index in [4.69, 9.17) is 4.42 Å². The summed E-state index contributed by atoms with van der Waals surface area (Å²) in [5, 5.41) is 3.18. The standard InChI is InChI=1S/C24H36N4O2/c1-18-10-9-11-19(2)27(18)16-8-6-15-25-23(29)21-13-5-7-17-28(21)24-26-20-12-3-4-14-22(20)30-24/h3-4,12,14,18-19,21H,5-11,13,15-17H2,1-2H3,(H,25,29). The molecule has 2 fully saturated rings. The zero-order valence-electron chi connectivity index (χ0n) is 18.5. The molecule has 0 radical (unpaired) electrons. The van der Waals surface area contributed by atoms with Crippen molar-refractivity contribution in [2.24, 2.45) is 0 Å². The minimum Gasteiger partial charge on any atom is -0.423 e. The molecule has 4 rings (SSSR count). The maximum absolute atomic E-state index is 12.9. The van der Waals surface area contributed by atoms with E-state index in [1.807, 2.05) is 24.3 Å². The summed E-state index contributed by atoms with van der Waals surface area (Å²) in [6, 6.07) is 9.55. The molecule has 3 unspecified atom stereocenters. The van der Waals surface area contributed by atoms with Gasteiger partial charge in [0.1, 0.15) is 11.6 Å². The van der Waals surface area contributed by atoms with Crippen molar-refractivity contribution in [3.63, 3.8) is 0 Å². The minimum absolute atomic E-state index is 0.108. The van der Waals surface area contributed by atoms with E-state index in [9.17, 15) is 4.79 Å². The molecule has 0 saturated carbocycles. The summed E-state index contributed by atoms with van der Waals surface area (Å²) in [6.07, 6.45) is 9.13. The van der Waals surface area contributed by atoms with Crippen LogP contribution in [0.2, 0.25) is 0 Å². The number of nitrogens with one attached hydrogen (secondary N) is 1. The first-order chi connectivity index (χ1) is 14.6. The van der Waals surface area contributed by atoms with Gasteiger partial charge in [0.25, 0.3) is 6.01 Å². The summed E-state index contributed by atoms with van der Waals surface area (Å²) in [5.74, 6) is 0.108. The van der Waals surface area contributed by atoms with E-state index in [1.54, 1.807) is 0 Å². The fourth-order valence-electron chi connectivity index (χ4n) is 5.08. The molecule has 2 aromatic rings. The predicted octanol–water partition coefficient (Wildman–Crippen LogP) is 4.35. The van der Waals surface area contributed by atoms with Gasteiger partial charge in [-0.05, 0) is 77.5 Å². The third-order valence-corrected chi connectivity index (χ3v) is 6.85. The molecule has 1 amide bonds. The molecule has 1 aromatic heterocycles. The molecular weight excluding hydrogens is 376 g/mol. The second-order valence-corrected chi connectivity index (χ2v) is 9.03. The highest BCUT2D eigenvalue weighted by molar-refractivity contribution is 5.85. The van der Waals surface area contributed by atoms with Crippen LogP contribution in [0.25, 0.3) is 11.1 Å². The van der Waals surface area contributed by atoms with Crippen molar-refractivity contribution in [1.82, 2.24) is 15.2 Å². The number of benzene rings is 1. The molecule has 0 aliphatic carbocycles. The van der Waals surface area contributed by atoms with Gasteiger partial charge in [-0.2, -0.15) is 4.98 Å². The summed E-state index contributed by atoms with van der Waals surface area (Å²) < 4.78 is 5.95. The van der Waals surface area contributed by atoms with Crippen LogP contribution in [0.15, 0.2) is 28.7 Å². The highest BCUT2D eigenvalue weighted by atomic mass is 16.4. The molecule has 164 valence electrons. The van der Waals surface area contributed by atoms with Crippen LogP contribution in [0.1, 0.15) is 65.2 Å². The average Bonchev–Trinajstić information content (AvgIpc) is 3.19. The first-order valence-corrected chi connectivity index (χ1v) is 11.8. The zero-order chi connectivity index (χ0) is 20.9. The summed E-state index contributed by atoms with van der Waals surface area (Å²) in [7, 11) is 0. The third kappa shape index (κ3) is 4.80. The minimum atomic E-state index is -0.186. The molecule has 3 heterocycles. The largest absolute Gasteiger partial charge is 0.423 e. The number of piperidine rings is 2. The lowest BCUT2D eigenvalue weighted by molar-refractivity contribution is -0.122. The van der Waals surface area contributed by atoms with Gasteiger partial charge in [-0.3, -0.25) is 9.69 Å². The second kappa shape index (κ2) is 9.82. The lowest BCUT2D eigenvalue weighted by Gasteiger charge is -2.39. The van der Waals surface area contributed by atoms with Crippen LogP contribution in [0, 0.1) is 0 Å². The molecule has 30 heavy (non-hydrogen) atoms. The van der Waals surface area contributed by atoms with Crippen molar-refractivity contribution in [1.29, 1.82) is 0 Å². The Labute approximate surface area is 180 Å². The van der Waals surface area contributed by atoms with Crippen LogP contribution in [-0.2, 0) is 4.79 Å². The monoisotopic (exact) mass is 412 g/mol. The molecule has 6 nitrogen and oxygen atoms in total. The van der Waals surface area contributed by atoms with Crippen molar-refractivity contribution in [3.8, 4) is 0 Å². The number of para-hydroxylation sites is 2. The van der Waals surface area contributed by atoms with Crippen molar-refractivity contribution in [3.05, 3.63) is 24.3 Å². The number of carbonyl (C=O) groups excluding carboxylic acids is 1. The van der Waals surface area contributed by atoms with E-state index in [2.05, 4.69) is 33.9 Å². The SMILES string of the molecule is CC1CCCC(C)N1CCCCNC(=O)C1CCCCN1c1nc2ccccc2o1. The Morgan fingerprint density at radius 2 is 1.90 bits per heavy atom. The van der Waals surface area contributed by atoms with Crippen LogP contribution >= 0.6 is 0 Å². The zero-order valence-corrected chi connectivity index (χ0v) is 18.5. The highest BCUT2D eigenvalue weighted by Crippen LogP contribution is 2.28. The first-order valence-electron chi connectivity index (χ1n) is 11.8. The van der Waals surface area contributed by atoms with Gasteiger partial charge in [-0.1, -0.05) is 18.6 Å². The Kier molecular flexibility index (Phi) is 6.93. The van der Waals surface area contributed by atoms with Crippen molar-refractivity contribution >= 4 is 23.0 Å². The van der Waals surface area contributed by atoms with E-state index in [1.165, 1.54) is 19.3 Å². The Balaban J connectivity index is 1.27. The number of rotatable bonds is 7. The predicted molar refractivity (Wildman–Crippen MR) is 121 cm³/mol. The van der Waals surface area contributed by atoms with Gasteiger partial charge < -0.3 is 14.6 Å². The van der Waals surface area contributed by atoms with Crippen LogP contribution in [-0.4, -0.2) is 53.6 Å². The quantitative estimate of drug-likeness (QED) is 0.685. The normalized spacial score (nSPS) is 25.5. The fourth-order valence-corrected chi connectivity index (χ4v) is 5.08. The molecule has 2 aliphatic heterocycles. The number of anilines is 1. The van der Waals surface area contributed by atoms with Gasteiger partial charge in [-0.15, -0.1) is 0 Å². The maximum Gasteiger partial charge on any atom is 0.299 e. The number of fused-ring (bicyclic) bond motifs is 1. The van der Waals surface area contributed by atoms with Gasteiger partial charge in [0.2, 0.25) is 5.91 Å². The van der Waals surface area contributed by atoms with Crippen molar-refractivity contribution in [2.45, 2.75) is 83.3 Å². The van der Waals surface area contributed by atoms with Crippen molar-refractivity contribution in [2.75, 3.05) is 24.5 Å². The lowest BCUT2D eigenvalue weighted by Crippen LogP contribution is -2.50.